The fourth-order valence-electron chi connectivity index (χ4n) is 4.06. The highest BCUT2D eigenvalue weighted by Gasteiger charge is 2.28. The van der Waals surface area contributed by atoms with E-state index in [4.69, 9.17) is 18.9 Å². The third-order valence-electron chi connectivity index (χ3n) is 6.34. The number of anilines is 3. The van der Waals surface area contributed by atoms with Crippen LogP contribution in [0.1, 0.15) is 20.8 Å². The first kappa shape index (κ1) is 34.2. The van der Waals surface area contributed by atoms with Gasteiger partial charge in [0, 0.05) is 43.7 Å². The first-order chi connectivity index (χ1) is 21.3. The van der Waals surface area contributed by atoms with Gasteiger partial charge in [-0.05, 0) is 45.0 Å². The molecule has 0 aliphatic heterocycles. The van der Waals surface area contributed by atoms with Crippen LogP contribution in [-0.4, -0.2) is 82.3 Å². The summed E-state index contributed by atoms with van der Waals surface area (Å²) in [5, 5.41) is 2.73. The molecule has 0 radical (unpaired) electrons. The third kappa shape index (κ3) is 10.2. The van der Waals surface area contributed by atoms with E-state index in [1.807, 2.05) is 6.07 Å². The van der Waals surface area contributed by atoms with E-state index >= 15 is 0 Å². The summed E-state index contributed by atoms with van der Waals surface area (Å²) in [5.41, 5.74) is 0.547. The minimum Gasteiger partial charge on any atom is -0.497 e. The van der Waals surface area contributed by atoms with Crippen LogP contribution in [-0.2, 0) is 19.1 Å². The second-order valence-electron chi connectivity index (χ2n) is 11.0. The molecule has 0 aliphatic rings. The van der Waals surface area contributed by atoms with Gasteiger partial charge in [-0.1, -0.05) is 30.3 Å². The Labute approximate surface area is 263 Å². The molecule has 0 spiro atoms. The molecule has 0 bridgehead atoms. The lowest BCUT2D eigenvalue weighted by Gasteiger charge is -2.29. The zero-order chi connectivity index (χ0) is 33.1. The van der Waals surface area contributed by atoms with Crippen molar-refractivity contribution < 1.29 is 38.1 Å². The maximum absolute atomic E-state index is 13.7. The summed E-state index contributed by atoms with van der Waals surface area (Å²) in [6.45, 7) is 4.00. The maximum atomic E-state index is 13.7. The van der Waals surface area contributed by atoms with Crippen LogP contribution in [0.4, 0.5) is 21.9 Å². The number of carbonyl (C=O) groups is 4. The zero-order valence-corrected chi connectivity index (χ0v) is 26.7. The molecule has 3 aromatic carbocycles. The van der Waals surface area contributed by atoms with Crippen LogP contribution in [0.15, 0.2) is 72.8 Å². The predicted octanol–water partition coefficient (Wildman–Crippen LogP) is 4.58. The van der Waals surface area contributed by atoms with Crippen LogP contribution in [0.2, 0.25) is 0 Å². The van der Waals surface area contributed by atoms with Gasteiger partial charge in [0.2, 0.25) is 11.8 Å². The minimum absolute atomic E-state index is 0.180. The van der Waals surface area contributed by atoms with Crippen LogP contribution in [0.3, 0.4) is 0 Å². The Bertz CT molecular complexity index is 1470. The fourth-order valence-corrected chi connectivity index (χ4v) is 4.06. The van der Waals surface area contributed by atoms with Crippen molar-refractivity contribution in [2.24, 2.45) is 0 Å². The number of hydrogen-bond donors (Lipinski definition) is 1. The van der Waals surface area contributed by atoms with Gasteiger partial charge in [-0.3, -0.25) is 19.3 Å². The Balaban J connectivity index is 1.84. The van der Waals surface area contributed by atoms with E-state index in [0.717, 1.165) is 4.90 Å². The molecule has 0 aromatic heterocycles. The second-order valence-corrected chi connectivity index (χ2v) is 11.0. The smallest absolute Gasteiger partial charge is 0.410 e. The van der Waals surface area contributed by atoms with Crippen molar-refractivity contribution in [1.82, 2.24) is 4.90 Å². The topological polar surface area (TPSA) is 127 Å². The summed E-state index contributed by atoms with van der Waals surface area (Å²) in [6, 6.07) is 20.4. The van der Waals surface area contributed by atoms with Crippen molar-refractivity contribution in [3.05, 3.63) is 72.8 Å². The van der Waals surface area contributed by atoms with Crippen LogP contribution < -0.4 is 29.3 Å². The highest BCUT2D eigenvalue weighted by Crippen LogP contribution is 2.30. The Morgan fingerprint density at radius 1 is 0.778 bits per heavy atom. The number of likely N-dealkylation sites (N-methyl/N-ethyl adjacent to an activating group) is 2. The number of ether oxygens (including phenoxy) is 4. The van der Waals surface area contributed by atoms with Crippen molar-refractivity contribution in [2.45, 2.75) is 26.4 Å². The van der Waals surface area contributed by atoms with Gasteiger partial charge in [-0.15, -0.1) is 0 Å². The molecule has 0 aliphatic carbocycles. The quantitative estimate of drug-likeness (QED) is 0.312. The van der Waals surface area contributed by atoms with Gasteiger partial charge in [0.05, 0.1) is 19.9 Å². The summed E-state index contributed by atoms with van der Waals surface area (Å²) < 4.78 is 21.8. The molecule has 0 unspecified atom stereocenters. The number of hydrogen-bond acceptors (Lipinski definition) is 8. The number of nitrogens with one attached hydrogen (secondary N) is 1. The molecule has 3 rings (SSSR count). The van der Waals surface area contributed by atoms with Crippen LogP contribution in [0.25, 0.3) is 0 Å². The molecular formula is C33H40N4O8. The van der Waals surface area contributed by atoms with Crippen LogP contribution in [0, 0.1) is 0 Å². The number of methoxy groups -OCH3 is 2. The molecule has 12 nitrogen and oxygen atoms in total. The lowest BCUT2D eigenvalue weighted by atomic mass is 10.2. The number of benzene rings is 3. The van der Waals surface area contributed by atoms with E-state index in [1.165, 1.54) is 31.1 Å². The van der Waals surface area contributed by atoms with E-state index in [9.17, 15) is 19.2 Å². The lowest BCUT2D eigenvalue weighted by molar-refractivity contribution is -0.123. The fraction of sp³-hybridized carbons (Fsp3) is 0.333. The van der Waals surface area contributed by atoms with Gasteiger partial charge in [-0.2, -0.15) is 0 Å². The minimum atomic E-state index is -0.764. The van der Waals surface area contributed by atoms with Gasteiger partial charge < -0.3 is 34.1 Å². The summed E-state index contributed by atoms with van der Waals surface area (Å²) >= 11 is 0. The normalized spacial score (nSPS) is 10.7. The number of para-hydroxylation sites is 3. The molecule has 0 saturated carbocycles. The average molecular weight is 621 g/mol. The van der Waals surface area contributed by atoms with Gasteiger partial charge >= 0.3 is 6.09 Å². The Morgan fingerprint density at radius 2 is 1.38 bits per heavy atom. The predicted molar refractivity (Wildman–Crippen MR) is 171 cm³/mol. The van der Waals surface area contributed by atoms with Gasteiger partial charge in [0.15, 0.2) is 6.61 Å². The van der Waals surface area contributed by atoms with Crippen LogP contribution in [0.5, 0.6) is 17.2 Å². The molecule has 0 fully saturated rings. The zero-order valence-electron chi connectivity index (χ0n) is 26.7. The lowest BCUT2D eigenvalue weighted by Crippen LogP contribution is -2.47. The molecule has 45 heavy (non-hydrogen) atoms. The standard InChI is InChI=1S/C33H40N4O8/c1-33(2,3)45-32(41)35(4)20-31(40)37(21-30(39)36(5)24-13-9-8-10-14-24)27-15-11-12-16-28(27)44-22-29(38)34-23-17-25(42-6)19-26(18-23)43-7/h8-19H,20-22H2,1-7H3,(H,34,38). The molecule has 3 aromatic rings. The van der Waals surface area contributed by atoms with E-state index in [1.54, 1.807) is 94.5 Å². The SMILES string of the molecule is COc1cc(NC(=O)COc2ccccc2N(CC(=O)N(C)c2ccccc2)C(=O)CN(C)C(=O)OC(C)(C)C)cc(OC)c1. The van der Waals surface area contributed by atoms with Gasteiger partial charge in [0.1, 0.15) is 35.9 Å². The van der Waals surface area contributed by atoms with E-state index in [2.05, 4.69) is 5.32 Å². The molecule has 0 saturated heterocycles. The molecule has 4 amide bonds. The summed E-state index contributed by atoms with van der Waals surface area (Å²) in [5.74, 6) is -0.281. The summed E-state index contributed by atoms with van der Waals surface area (Å²) in [4.78, 5) is 56.4. The Kier molecular flexibility index (Phi) is 11.8. The summed E-state index contributed by atoms with van der Waals surface area (Å²) in [7, 11) is 6.04. The van der Waals surface area contributed by atoms with Gasteiger partial charge in [-0.25, -0.2) is 4.79 Å². The first-order valence-electron chi connectivity index (χ1n) is 14.1. The van der Waals surface area contributed by atoms with Crippen LogP contribution >= 0.6 is 0 Å². The van der Waals surface area contributed by atoms with E-state index in [-0.39, 0.29) is 24.5 Å². The number of carbonyl (C=O) groups excluding carboxylic acids is 4. The summed E-state index contributed by atoms with van der Waals surface area (Å²) in [6.07, 6.45) is -0.695. The van der Waals surface area contributed by atoms with Crippen molar-refractivity contribution in [2.75, 3.05) is 63.1 Å². The Hall–Kier alpha value is -5.26. The molecule has 0 heterocycles. The molecule has 0 atom stereocenters. The highest BCUT2D eigenvalue weighted by atomic mass is 16.6. The number of amides is 4. The number of rotatable bonds is 12. The molecule has 240 valence electrons. The molecule has 1 N–H and O–H groups in total. The average Bonchev–Trinajstić information content (AvgIpc) is 3.01. The molecule has 12 heteroatoms. The molecular weight excluding hydrogens is 580 g/mol. The first-order valence-corrected chi connectivity index (χ1v) is 14.1. The van der Waals surface area contributed by atoms with E-state index in [0.29, 0.717) is 22.9 Å². The highest BCUT2D eigenvalue weighted by molar-refractivity contribution is 6.05. The Morgan fingerprint density at radius 3 is 1.98 bits per heavy atom. The maximum Gasteiger partial charge on any atom is 0.410 e. The van der Waals surface area contributed by atoms with Gasteiger partial charge in [0.25, 0.3) is 5.91 Å². The third-order valence-corrected chi connectivity index (χ3v) is 6.34. The largest absolute Gasteiger partial charge is 0.497 e. The van der Waals surface area contributed by atoms with E-state index < -0.39 is 36.0 Å². The van der Waals surface area contributed by atoms with Crippen molar-refractivity contribution >= 4 is 40.9 Å². The number of nitrogens with zero attached hydrogens (tertiary/aromatic N) is 3. The van der Waals surface area contributed by atoms with Crippen molar-refractivity contribution in [3.8, 4) is 17.2 Å². The second kappa shape index (κ2) is 15.5. The monoisotopic (exact) mass is 620 g/mol. The van der Waals surface area contributed by atoms with Crippen molar-refractivity contribution in [3.63, 3.8) is 0 Å². The van der Waals surface area contributed by atoms with Crippen molar-refractivity contribution in [1.29, 1.82) is 0 Å².